The van der Waals surface area contributed by atoms with Crippen LogP contribution in [0.4, 0.5) is 4.39 Å². The topological polar surface area (TPSA) is 43.8 Å². The molecule has 1 aromatic heterocycles. The van der Waals surface area contributed by atoms with Crippen molar-refractivity contribution in [3.8, 4) is 0 Å². The van der Waals surface area contributed by atoms with Crippen molar-refractivity contribution in [1.82, 2.24) is 9.78 Å². The summed E-state index contributed by atoms with van der Waals surface area (Å²) in [5, 5.41) is 4.77. The van der Waals surface area contributed by atoms with E-state index in [1.54, 1.807) is 23.9 Å². The van der Waals surface area contributed by atoms with Crippen LogP contribution in [0, 0.1) is 12.7 Å². The standard InChI is InChI=1S/C13H14BrClFN3/c1-7-8(13(15)19(2)18-7)6-11(17)12-9(14)4-3-5-10(12)16/h3-5,11H,6,17H2,1-2H3. The molecule has 1 aromatic carbocycles. The molecular weight excluding hydrogens is 333 g/mol. The number of aryl methyl sites for hydroxylation is 2. The van der Waals surface area contributed by atoms with Crippen LogP contribution in [0.25, 0.3) is 0 Å². The average Bonchev–Trinajstić information content (AvgIpc) is 2.56. The first-order chi connectivity index (χ1) is 8.91. The van der Waals surface area contributed by atoms with Gasteiger partial charge in [0.05, 0.1) is 5.69 Å². The van der Waals surface area contributed by atoms with E-state index < -0.39 is 6.04 Å². The number of nitrogens with two attached hydrogens (primary N) is 1. The van der Waals surface area contributed by atoms with Crippen molar-refractivity contribution < 1.29 is 4.39 Å². The fraction of sp³-hybridized carbons (Fsp3) is 0.308. The Kier molecular flexibility index (Phi) is 4.28. The Balaban J connectivity index is 2.33. The minimum Gasteiger partial charge on any atom is -0.324 e. The van der Waals surface area contributed by atoms with Crippen LogP contribution in [0.15, 0.2) is 22.7 Å². The van der Waals surface area contributed by atoms with Gasteiger partial charge in [0.25, 0.3) is 0 Å². The largest absolute Gasteiger partial charge is 0.324 e. The summed E-state index contributed by atoms with van der Waals surface area (Å²) in [7, 11) is 1.77. The van der Waals surface area contributed by atoms with Gasteiger partial charge in [-0.3, -0.25) is 4.68 Å². The van der Waals surface area contributed by atoms with Crippen molar-refractivity contribution in [1.29, 1.82) is 0 Å². The van der Waals surface area contributed by atoms with Gasteiger partial charge in [-0.05, 0) is 25.5 Å². The summed E-state index contributed by atoms with van der Waals surface area (Å²) in [6.45, 7) is 1.87. The molecule has 2 rings (SSSR count). The van der Waals surface area contributed by atoms with Crippen molar-refractivity contribution in [3.05, 3.63) is 50.5 Å². The van der Waals surface area contributed by atoms with E-state index in [0.717, 1.165) is 11.3 Å². The van der Waals surface area contributed by atoms with Gasteiger partial charge >= 0.3 is 0 Å². The van der Waals surface area contributed by atoms with Crippen LogP contribution in [-0.4, -0.2) is 9.78 Å². The highest BCUT2D eigenvalue weighted by Crippen LogP contribution is 2.29. The molecule has 0 saturated heterocycles. The highest BCUT2D eigenvalue weighted by Gasteiger charge is 2.20. The van der Waals surface area contributed by atoms with Crippen molar-refractivity contribution in [2.75, 3.05) is 0 Å². The van der Waals surface area contributed by atoms with E-state index in [0.29, 0.717) is 21.6 Å². The molecule has 6 heteroatoms. The van der Waals surface area contributed by atoms with E-state index in [1.807, 2.05) is 6.92 Å². The number of nitrogens with zero attached hydrogens (tertiary/aromatic N) is 2. The molecule has 3 nitrogen and oxygen atoms in total. The van der Waals surface area contributed by atoms with Crippen molar-refractivity contribution in [3.63, 3.8) is 0 Å². The third-order valence-corrected chi connectivity index (χ3v) is 4.23. The van der Waals surface area contributed by atoms with E-state index in [-0.39, 0.29) is 5.82 Å². The minimum absolute atomic E-state index is 0.320. The molecule has 102 valence electrons. The van der Waals surface area contributed by atoms with Gasteiger partial charge in [0.1, 0.15) is 11.0 Å². The molecule has 2 N–H and O–H groups in total. The molecule has 1 unspecified atom stereocenters. The third kappa shape index (κ3) is 2.83. The molecule has 0 bridgehead atoms. The summed E-state index contributed by atoms with van der Waals surface area (Å²) in [5.74, 6) is -0.320. The van der Waals surface area contributed by atoms with Crippen LogP contribution in [0.3, 0.4) is 0 Å². The van der Waals surface area contributed by atoms with Crippen LogP contribution < -0.4 is 5.73 Å². The van der Waals surface area contributed by atoms with Crippen molar-refractivity contribution >= 4 is 27.5 Å². The van der Waals surface area contributed by atoms with Gasteiger partial charge in [0, 0.05) is 28.7 Å². The minimum atomic E-state index is -0.476. The average molecular weight is 347 g/mol. The molecule has 0 radical (unpaired) electrons. The molecule has 1 heterocycles. The van der Waals surface area contributed by atoms with Crippen LogP contribution in [0.2, 0.25) is 5.15 Å². The van der Waals surface area contributed by atoms with Gasteiger partial charge < -0.3 is 5.73 Å². The zero-order chi connectivity index (χ0) is 14.2. The number of halogens is 3. The summed E-state index contributed by atoms with van der Waals surface area (Å²) in [6, 6.07) is 4.34. The van der Waals surface area contributed by atoms with Gasteiger partial charge in [-0.2, -0.15) is 5.10 Å². The molecule has 0 aliphatic heterocycles. The first-order valence-electron chi connectivity index (χ1n) is 5.79. The maximum absolute atomic E-state index is 13.8. The first-order valence-corrected chi connectivity index (χ1v) is 6.96. The molecule has 0 spiro atoms. The predicted molar refractivity (Wildman–Crippen MR) is 77.7 cm³/mol. The lowest BCUT2D eigenvalue weighted by molar-refractivity contribution is 0.577. The second kappa shape index (κ2) is 5.61. The highest BCUT2D eigenvalue weighted by atomic mass is 79.9. The van der Waals surface area contributed by atoms with Gasteiger partial charge in [-0.25, -0.2) is 4.39 Å². The molecule has 0 fully saturated rings. The molecule has 0 aliphatic carbocycles. The lowest BCUT2D eigenvalue weighted by atomic mass is 10.00. The Morgan fingerprint density at radius 2 is 2.21 bits per heavy atom. The van der Waals surface area contributed by atoms with E-state index in [9.17, 15) is 4.39 Å². The Morgan fingerprint density at radius 3 is 2.74 bits per heavy atom. The van der Waals surface area contributed by atoms with Gasteiger partial charge in [-0.15, -0.1) is 0 Å². The van der Waals surface area contributed by atoms with Crippen LogP contribution in [0.1, 0.15) is 22.9 Å². The van der Waals surface area contributed by atoms with Gasteiger partial charge in [0.15, 0.2) is 0 Å². The monoisotopic (exact) mass is 345 g/mol. The predicted octanol–water partition coefficient (Wildman–Crippen LogP) is 3.53. The van der Waals surface area contributed by atoms with Gasteiger partial charge in [-0.1, -0.05) is 33.6 Å². The molecular formula is C13H14BrClFN3. The maximum atomic E-state index is 13.8. The number of benzene rings is 1. The SMILES string of the molecule is Cc1nn(C)c(Cl)c1CC(N)c1c(F)cccc1Br. The normalized spacial score (nSPS) is 12.7. The van der Waals surface area contributed by atoms with Gasteiger partial charge in [0.2, 0.25) is 0 Å². The zero-order valence-electron chi connectivity index (χ0n) is 10.6. The van der Waals surface area contributed by atoms with Crippen LogP contribution >= 0.6 is 27.5 Å². The lowest BCUT2D eigenvalue weighted by Gasteiger charge is -2.14. The van der Waals surface area contributed by atoms with E-state index >= 15 is 0 Å². The van der Waals surface area contributed by atoms with E-state index in [1.165, 1.54) is 6.07 Å². The smallest absolute Gasteiger partial charge is 0.130 e. The first kappa shape index (κ1) is 14.5. The summed E-state index contributed by atoms with van der Waals surface area (Å²) in [5.41, 5.74) is 8.24. The fourth-order valence-electron chi connectivity index (χ4n) is 2.09. The lowest BCUT2D eigenvalue weighted by Crippen LogP contribution is -2.16. The quantitative estimate of drug-likeness (QED) is 0.924. The summed E-state index contributed by atoms with van der Waals surface area (Å²) in [4.78, 5) is 0. The van der Waals surface area contributed by atoms with Crippen LogP contribution in [-0.2, 0) is 13.5 Å². The zero-order valence-corrected chi connectivity index (χ0v) is 13.0. The molecule has 19 heavy (non-hydrogen) atoms. The Bertz CT molecular complexity index is 592. The molecule has 0 aliphatic rings. The number of hydrogen-bond donors (Lipinski definition) is 1. The van der Waals surface area contributed by atoms with Crippen molar-refractivity contribution in [2.45, 2.75) is 19.4 Å². The van der Waals surface area contributed by atoms with Crippen molar-refractivity contribution in [2.24, 2.45) is 12.8 Å². The van der Waals surface area contributed by atoms with E-state index in [2.05, 4.69) is 21.0 Å². The number of aromatic nitrogens is 2. The summed E-state index contributed by atoms with van der Waals surface area (Å²) in [6.07, 6.45) is 0.442. The molecule has 2 aromatic rings. The second-order valence-electron chi connectivity index (χ2n) is 4.42. The summed E-state index contributed by atoms with van der Waals surface area (Å²) < 4.78 is 16.1. The Hall–Kier alpha value is -0.910. The fourth-order valence-corrected chi connectivity index (χ4v) is 2.98. The highest BCUT2D eigenvalue weighted by molar-refractivity contribution is 9.10. The maximum Gasteiger partial charge on any atom is 0.130 e. The molecule has 0 saturated carbocycles. The number of rotatable bonds is 3. The molecule has 0 amide bonds. The third-order valence-electron chi connectivity index (χ3n) is 3.06. The second-order valence-corrected chi connectivity index (χ2v) is 5.64. The Labute approximate surface area is 124 Å². The number of hydrogen-bond acceptors (Lipinski definition) is 2. The van der Waals surface area contributed by atoms with E-state index in [4.69, 9.17) is 17.3 Å². The molecule has 1 atom stereocenters. The van der Waals surface area contributed by atoms with Crippen LogP contribution in [0.5, 0.6) is 0 Å². The Morgan fingerprint density at radius 1 is 1.53 bits per heavy atom. The summed E-state index contributed by atoms with van der Waals surface area (Å²) >= 11 is 9.49.